The van der Waals surface area contributed by atoms with Gasteiger partial charge in [-0.1, -0.05) is 59.0 Å². The van der Waals surface area contributed by atoms with Crippen LogP contribution in [0, 0.1) is 0 Å². The standard InChI is InChI=1S/C16H28O3/c1-4-7-9-11-13-19-16(18)14(15(17)6-3)12-10-8-5-2/h12H,4-11,13H2,1-3H3. The third kappa shape index (κ3) is 8.57. The SMILES string of the molecule is CCCCC=C(C(=O)CC)C(=O)OCCCCCC. The van der Waals surface area contributed by atoms with Crippen molar-refractivity contribution in [1.29, 1.82) is 0 Å². The fourth-order valence-electron chi connectivity index (χ4n) is 1.72. The molecule has 0 aliphatic rings. The molecule has 0 aliphatic heterocycles. The summed E-state index contributed by atoms with van der Waals surface area (Å²) in [6, 6.07) is 0. The van der Waals surface area contributed by atoms with E-state index in [0.717, 1.165) is 44.9 Å². The number of carbonyl (C=O) groups excluding carboxylic acids is 2. The maximum Gasteiger partial charge on any atom is 0.341 e. The van der Waals surface area contributed by atoms with Crippen LogP contribution in [0.5, 0.6) is 0 Å². The molecule has 0 aromatic heterocycles. The lowest BCUT2D eigenvalue weighted by molar-refractivity contribution is -0.140. The highest BCUT2D eigenvalue weighted by atomic mass is 16.5. The lowest BCUT2D eigenvalue weighted by Crippen LogP contribution is -2.16. The van der Waals surface area contributed by atoms with E-state index in [1.165, 1.54) is 0 Å². The smallest absolute Gasteiger partial charge is 0.341 e. The summed E-state index contributed by atoms with van der Waals surface area (Å²) in [5.41, 5.74) is 0.242. The van der Waals surface area contributed by atoms with Gasteiger partial charge in [-0.2, -0.15) is 0 Å². The van der Waals surface area contributed by atoms with E-state index in [1.807, 2.05) is 0 Å². The van der Waals surface area contributed by atoms with Crippen LogP contribution in [-0.4, -0.2) is 18.4 Å². The van der Waals surface area contributed by atoms with Gasteiger partial charge in [0.2, 0.25) is 0 Å². The van der Waals surface area contributed by atoms with Crippen LogP contribution in [0.15, 0.2) is 11.6 Å². The summed E-state index contributed by atoms with van der Waals surface area (Å²) in [5, 5.41) is 0. The molecule has 3 heteroatoms. The molecule has 0 N–H and O–H groups in total. The van der Waals surface area contributed by atoms with E-state index in [2.05, 4.69) is 13.8 Å². The Morgan fingerprint density at radius 3 is 2.21 bits per heavy atom. The monoisotopic (exact) mass is 268 g/mol. The summed E-state index contributed by atoms with van der Waals surface area (Å²) < 4.78 is 5.18. The number of unbranched alkanes of at least 4 members (excludes halogenated alkanes) is 5. The molecule has 0 bridgehead atoms. The normalized spacial score (nSPS) is 11.4. The Bertz CT molecular complexity index is 292. The summed E-state index contributed by atoms with van der Waals surface area (Å²) in [4.78, 5) is 23.6. The zero-order valence-corrected chi connectivity index (χ0v) is 12.7. The van der Waals surface area contributed by atoms with E-state index in [9.17, 15) is 9.59 Å². The minimum atomic E-state index is -0.445. The lowest BCUT2D eigenvalue weighted by atomic mass is 10.1. The maximum atomic E-state index is 11.9. The summed E-state index contributed by atoms with van der Waals surface area (Å²) >= 11 is 0. The second kappa shape index (κ2) is 11.9. The van der Waals surface area contributed by atoms with Gasteiger partial charge in [0, 0.05) is 6.42 Å². The third-order valence-electron chi connectivity index (χ3n) is 2.98. The molecule has 0 amide bonds. The van der Waals surface area contributed by atoms with Gasteiger partial charge in [0.05, 0.1) is 12.2 Å². The Morgan fingerprint density at radius 1 is 0.947 bits per heavy atom. The molecule has 0 saturated carbocycles. The minimum Gasteiger partial charge on any atom is -0.462 e. The molecule has 19 heavy (non-hydrogen) atoms. The second-order valence-corrected chi connectivity index (χ2v) is 4.73. The van der Waals surface area contributed by atoms with Gasteiger partial charge >= 0.3 is 5.97 Å². The molecule has 0 aliphatic carbocycles. The van der Waals surface area contributed by atoms with Crippen molar-refractivity contribution in [3.8, 4) is 0 Å². The van der Waals surface area contributed by atoms with Crippen LogP contribution in [0.2, 0.25) is 0 Å². The van der Waals surface area contributed by atoms with Gasteiger partial charge in [-0.05, 0) is 12.8 Å². The average molecular weight is 268 g/mol. The van der Waals surface area contributed by atoms with Gasteiger partial charge in [0.1, 0.15) is 0 Å². The molecule has 0 saturated heterocycles. The highest BCUT2D eigenvalue weighted by Gasteiger charge is 2.17. The Labute approximate surface area is 117 Å². The van der Waals surface area contributed by atoms with E-state index >= 15 is 0 Å². The first-order chi connectivity index (χ1) is 9.17. The second-order valence-electron chi connectivity index (χ2n) is 4.73. The Morgan fingerprint density at radius 2 is 1.63 bits per heavy atom. The van der Waals surface area contributed by atoms with Gasteiger partial charge in [-0.3, -0.25) is 4.79 Å². The van der Waals surface area contributed by atoms with Crippen molar-refractivity contribution in [3.63, 3.8) is 0 Å². The summed E-state index contributed by atoms with van der Waals surface area (Å²) in [5.74, 6) is -0.561. The van der Waals surface area contributed by atoms with Crippen molar-refractivity contribution in [2.45, 2.75) is 72.1 Å². The highest BCUT2D eigenvalue weighted by molar-refractivity contribution is 6.17. The number of ketones is 1. The third-order valence-corrected chi connectivity index (χ3v) is 2.98. The van der Waals surface area contributed by atoms with Crippen LogP contribution >= 0.6 is 0 Å². The van der Waals surface area contributed by atoms with Crippen LogP contribution in [-0.2, 0) is 14.3 Å². The zero-order chi connectivity index (χ0) is 14.5. The molecule has 3 nitrogen and oxygen atoms in total. The van der Waals surface area contributed by atoms with E-state index in [4.69, 9.17) is 4.74 Å². The number of ether oxygens (including phenoxy) is 1. The molecule has 0 rings (SSSR count). The Kier molecular flexibility index (Phi) is 11.2. The maximum absolute atomic E-state index is 11.9. The van der Waals surface area contributed by atoms with E-state index in [-0.39, 0.29) is 11.4 Å². The predicted molar refractivity (Wildman–Crippen MR) is 78.0 cm³/mol. The number of hydrogen-bond donors (Lipinski definition) is 0. The van der Waals surface area contributed by atoms with Gasteiger partial charge < -0.3 is 4.74 Å². The largest absolute Gasteiger partial charge is 0.462 e. The van der Waals surface area contributed by atoms with Gasteiger partial charge in [0.25, 0.3) is 0 Å². The van der Waals surface area contributed by atoms with E-state index in [1.54, 1.807) is 13.0 Å². The van der Waals surface area contributed by atoms with Crippen LogP contribution in [0.4, 0.5) is 0 Å². The first-order valence-electron chi connectivity index (χ1n) is 7.57. The Hall–Kier alpha value is -1.12. The molecule has 0 fully saturated rings. The van der Waals surface area contributed by atoms with Crippen LogP contribution in [0.1, 0.15) is 72.1 Å². The van der Waals surface area contributed by atoms with Crippen LogP contribution < -0.4 is 0 Å². The van der Waals surface area contributed by atoms with E-state index in [0.29, 0.717) is 13.0 Å². The molecule has 0 atom stereocenters. The Balaban J connectivity index is 4.23. The van der Waals surface area contributed by atoms with Gasteiger partial charge in [0.15, 0.2) is 5.78 Å². The van der Waals surface area contributed by atoms with Crippen molar-refractivity contribution in [2.24, 2.45) is 0 Å². The number of Topliss-reactive ketones (excluding diaryl/α,β-unsaturated/α-hetero) is 1. The number of carbonyl (C=O) groups is 2. The number of rotatable bonds is 11. The quantitative estimate of drug-likeness (QED) is 0.185. The molecule has 0 spiro atoms. The summed E-state index contributed by atoms with van der Waals surface area (Å²) in [6.45, 7) is 6.41. The molecule has 110 valence electrons. The first-order valence-corrected chi connectivity index (χ1v) is 7.57. The molecule has 0 radical (unpaired) electrons. The minimum absolute atomic E-state index is 0.116. The van der Waals surface area contributed by atoms with Crippen molar-refractivity contribution in [2.75, 3.05) is 6.61 Å². The number of hydrogen-bond acceptors (Lipinski definition) is 3. The molecule has 0 heterocycles. The fraction of sp³-hybridized carbons (Fsp3) is 0.750. The molecule has 0 aromatic rings. The molecule has 0 aromatic carbocycles. The summed E-state index contributed by atoms with van der Waals surface area (Å²) in [6.07, 6.45) is 9.16. The predicted octanol–water partition coefficient (Wildman–Crippen LogP) is 4.21. The van der Waals surface area contributed by atoms with Crippen molar-refractivity contribution in [1.82, 2.24) is 0 Å². The molecule has 0 unspecified atom stereocenters. The molecular weight excluding hydrogens is 240 g/mol. The topological polar surface area (TPSA) is 43.4 Å². The average Bonchev–Trinajstić information content (AvgIpc) is 2.42. The van der Waals surface area contributed by atoms with Crippen molar-refractivity contribution >= 4 is 11.8 Å². The molecular formula is C16H28O3. The summed E-state index contributed by atoms with van der Waals surface area (Å²) in [7, 11) is 0. The first kappa shape index (κ1) is 17.9. The van der Waals surface area contributed by atoms with Gasteiger partial charge in [-0.25, -0.2) is 4.79 Å². The highest BCUT2D eigenvalue weighted by Crippen LogP contribution is 2.08. The van der Waals surface area contributed by atoms with Gasteiger partial charge in [-0.15, -0.1) is 0 Å². The zero-order valence-electron chi connectivity index (χ0n) is 12.7. The van der Waals surface area contributed by atoms with E-state index < -0.39 is 5.97 Å². The number of esters is 1. The van der Waals surface area contributed by atoms with Crippen LogP contribution in [0.3, 0.4) is 0 Å². The van der Waals surface area contributed by atoms with Crippen LogP contribution in [0.25, 0.3) is 0 Å². The lowest BCUT2D eigenvalue weighted by Gasteiger charge is -2.07. The van der Waals surface area contributed by atoms with Crippen molar-refractivity contribution in [3.05, 3.63) is 11.6 Å². The fourth-order valence-corrected chi connectivity index (χ4v) is 1.72. The van der Waals surface area contributed by atoms with Crippen molar-refractivity contribution < 1.29 is 14.3 Å². The number of allylic oxidation sites excluding steroid dienone is 1.